The minimum absolute atomic E-state index is 0.0225. The molecule has 0 fully saturated rings. The van der Waals surface area contributed by atoms with Crippen LogP contribution in [0.3, 0.4) is 0 Å². The highest BCUT2D eigenvalue weighted by Gasteiger charge is 2.16. The zero-order valence-electron chi connectivity index (χ0n) is 14.7. The fraction of sp³-hybridized carbons (Fsp3) is 0.150. The summed E-state index contributed by atoms with van der Waals surface area (Å²) in [6.07, 6.45) is 0. The Balaban J connectivity index is 1.67. The van der Waals surface area contributed by atoms with Gasteiger partial charge in [0.15, 0.2) is 5.76 Å². The second-order valence-corrected chi connectivity index (χ2v) is 6.67. The lowest BCUT2D eigenvalue weighted by atomic mass is 10.2. The fourth-order valence-electron chi connectivity index (χ4n) is 2.40. The summed E-state index contributed by atoms with van der Waals surface area (Å²) in [6, 6.07) is 15.0. The number of hydrogen-bond donors (Lipinski definition) is 1. The number of nitrogens with one attached hydrogen (secondary N) is 1. The Morgan fingerprint density at radius 2 is 1.93 bits per heavy atom. The lowest BCUT2D eigenvalue weighted by Gasteiger charge is -2.12. The van der Waals surface area contributed by atoms with Crippen molar-refractivity contribution in [2.24, 2.45) is 0 Å². The number of ether oxygens (including phenoxy) is 2. The number of anilines is 1. The van der Waals surface area contributed by atoms with Crippen molar-refractivity contribution in [3.05, 3.63) is 76.2 Å². The molecule has 1 heterocycles. The third-order valence-corrected chi connectivity index (χ3v) is 4.35. The van der Waals surface area contributed by atoms with Crippen molar-refractivity contribution in [2.75, 3.05) is 5.32 Å². The van der Waals surface area contributed by atoms with Crippen molar-refractivity contribution in [2.45, 2.75) is 20.1 Å². The number of rotatable bonds is 7. The van der Waals surface area contributed by atoms with Gasteiger partial charge < -0.3 is 19.2 Å². The van der Waals surface area contributed by atoms with Gasteiger partial charge in [-0.1, -0.05) is 18.2 Å². The number of amides is 1. The molecule has 146 valence electrons. The molecule has 0 saturated carbocycles. The van der Waals surface area contributed by atoms with Crippen LogP contribution in [0.1, 0.15) is 21.9 Å². The SMILES string of the molecule is Cc1ccc(NC(=O)c2ccc(COc3ccccc3Br)o2)c(OC(F)F)c1. The van der Waals surface area contributed by atoms with Crippen molar-refractivity contribution in [3.63, 3.8) is 0 Å². The largest absolute Gasteiger partial charge is 0.484 e. The first-order chi connectivity index (χ1) is 13.4. The maximum absolute atomic E-state index is 12.6. The summed E-state index contributed by atoms with van der Waals surface area (Å²) in [6.45, 7) is -1.14. The zero-order chi connectivity index (χ0) is 20.1. The molecule has 2 aromatic carbocycles. The van der Waals surface area contributed by atoms with E-state index in [4.69, 9.17) is 9.15 Å². The van der Waals surface area contributed by atoms with E-state index in [0.717, 1.165) is 10.0 Å². The first-order valence-corrected chi connectivity index (χ1v) is 9.04. The van der Waals surface area contributed by atoms with Crippen LogP contribution in [0.4, 0.5) is 14.5 Å². The maximum Gasteiger partial charge on any atom is 0.387 e. The Labute approximate surface area is 168 Å². The number of carbonyl (C=O) groups excluding carboxylic acids is 1. The predicted molar refractivity (Wildman–Crippen MR) is 103 cm³/mol. The first kappa shape index (κ1) is 19.9. The van der Waals surface area contributed by atoms with Crippen LogP contribution in [-0.4, -0.2) is 12.5 Å². The van der Waals surface area contributed by atoms with E-state index in [1.807, 2.05) is 18.2 Å². The number of para-hydroxylation sites is 1. The number of hydrogen-bond acceptors (Lipinski definition) is 4. The van der Waals surface area contributed by atoms with E-state index >= 15 is 0 Å². The minimum atomic E-state index is -3.00. The summed E-state index contributed by atoms with van der Waals surface area (Å²) >= 11 is 3.38. The number of benzene rings is 2. The van der Waals surface area contributed by atoms with Gasteiger partial charge in [-0.3, -0.25) is 4.79 Å². The van der Waals surface area contributed by atoms with E-state index < -0.39 is 12.5 Å². The summed E-state index contributed by atoms with van der Waals surface area (Å²) < 4.78 is 41.5. The van der Waals surface area contributed by atoms with Crippen molar-refractivity contribution < 1.29 is 27.5 Å². The van der Waals surface area contributed by atoms with E-state index in [9.17, 15) is 13.6 Å². The molecular formula is C20H16BrF2NO4. The smallest absolute Gasteiger partial charge is 0.387 e. The molecule has 0 aliphatic rings. The Morgan fingerprint density at radius 3 is 2.68 bits per heavy atom. The van der Waals surface area contributed by atoms with E-state index in [1.54, 1.807) is 25.1 Å². The van der Waals surface area contributed by atoms with Gasteiger partial charge in [-0.2, -0.15) is 8.78 Å². The number of halogens is 3. The molecule has 0 atom stereocenters. The fourth-order valence-corrected chi connectivity index (χ4v) is 2.80. The standard InChI is InChI=1S/C20H16BrF2NO4/c1-12-6-8-15(18(10-12)28-20(22)23)24-19(25)17-9-7-13(27-17)11-26-16-5-3-2-4-14(16)21/h2-10,20H,11H2,1H3,(H,24,25). The number of alkyl halides is 2. The van der Waals surface area contributed by atoms with Gasteiger partial charge in [0.2, 0.25) is 0 Å². The quantitative estimate of drug-likeness (QED) is 0.494. The van der Waals surface area contributed by atoms with Crippen molar-refractivity contribution >= 4 is 27.5 Å². The van der Waals surface area contributed by atoms with E-state index in [2.05, 4.69) is 26.0 Å². The first-order valence-electron chi connectivity index (χ1n) is 8.25. The van der Waals surface area contributed by atoms with Crippen LogP contribution in [0, 0.1) is 6.92 Å². The van der Waals surface area contributed by atoms with Crippen LogP contribution in [0.2, 0.25) is 0 Å². The van der Waals surface area contributed by atoms with Gasteiger partial charge in [-0.05, 0) is 64.8 Å². The second-order valence-electron chi connectivity index (χ2n) is 5.82. The Kier molecular flexibility index (Phi) is 6.30. The summed E-state index contributed by atoms with van der Waals surface area (Å²) in [5.41, 5.74) is 0.844. The Bertz CT molecular complexity index is 974. The topological polar surface area (TPSA) is 60.7 Å². The van der Waals surface area contributed by atoms with Gasteiger partial charge in [0, 0.05) is 0 Å². The molecule has 0 aliphatic carbocycles. The van der Waals surface area contributed by atoms with Crippen molar-refractivity contribution in [1.82, 2.24) is 0 Å². The molecule has 1 amide bonds. The molecule has 5 nitrogen and oxygen atoms in total. The van der Waals surface area contributed by atoms with E-state index in [1.165, 1.54) is 18.2 Å². The molecule has 28 heavy (non-hydrogen) atoms. The molecular weight excluding hydrogens is 436 g/mol. The minimum Gasteiger partial charge on any atom is -0.484 e. The van der Waals surface area contributed by atoms with Gasteiger partial charge in [0.1, 0.15) is 23.9 Å². The molecule has 1 aromatic heterocycles. The van der Waals surface area contributed by atoms with Crippen molar-refractivity contribution in [3.8, 4) is 11.5 Å². The third-order valence-electron chi connectivity index (χ3n) is 3.69. The average molecular weight is 452 g/mol. The molecule has 0 radical (unpaired) electrons. The molecule has 0 spiro atoms. The lowest BCUT2D eigenvalue weighted by Crippen LogP contribution is -2.13. The van der Waals surface area contributed by atoms with Crippen LogP contribution >= 0.6 is 15.9 Å². The van der Waals surface area contributed by atoms with Crippen LogP contribution in [0.15, 0.2) is 63.5 Å². The Morgan fingerprint density at radius 1 is 1.14 bits per heavy atom. The molecule has 0 unspecified atom stereocenters. The molecule has 1 N–H and O–H groups in total. The van der Waals surface area contributed by atoms with Gasteiger partial charge in [0.25, 0.3) is 5.91 Å². The van der Waals surface area contributed by atoms with Gasteiger partial charge in [0.05, 0.1) is 10.2 Å². The number of carbonyl (C=O) groups is 1. The summed E-state index contributed by atoms with van der Waals surface area (Å²) in [4.78, 5) is 12.4. The highest BCUT2D eigenvalue weighted by Crippen LogP contribution is 2.28. The van der Waals surface area contributed by atoms with E-state index in [-0.39, 0.29) is 23.8 Å². The lowest BCUT2D eigenvalue weighted by molar-refractivity contribution is -0.0494. The number of furan rings is 1. The monoisotopic (exact) mass is 451 g/mol. The maximum atomic E-state index is 12.6. The molecule has 0 saturated heterocycles. The molecule has 0 bridgehead atoms. The molecule has 3 rings (SSSR count). The molecule has 8 heteroatoms. The van der Waals surface area contributed by atoms with E-state index in [0.29, 0.717) is 11.5 Å². The normalized spacial score (nSPS) is 10.8. The van der Waals surface area contributed by atoms with Crippen molar-refractivity contribution in [1.29, 1.82) is 0 Å². The average Bonchev–Trinajstić information content (AvgIpc) is 3.12. The van der Waals surface area contributed by atoms with Gasteiger partial charge in [-0.15, -0.1) is 0 Å². The highest BCUT2D eigenvalue weighted by molar-refractivity contribution is 9.10. The summed E-state index contributed by atoms with van der Waals surface area (Å²) in [5.74, 6) is 0.393. The summed E-state index contributed by atoms with van der Waals surface area (Å²) in [7, 11) is 0. The van der Waals surface area contributed by atoms with Crippen LogP contribution in [0.25, 0.3) is 0 Å². The molecule has 0 aliphatic heterocycles. The third kappa shape index (κ3) is 5.10. The predicted octanol–water partition coefficient (Wildman–Crippen LogP) is 5.78. The van der Waals surface area contributed by atoms with Crippen LogP contribution in [-0.2, 0) is 6.61 Å². The van der Waals surface area contributed by atoms with Gasteiger partial charge in [-0.25, -0.2) is 0 Å². The highest BCUT2D eigenvalue weighted by atomic mass is 79.9. The van der Waals surface area contributed by atoms with Gasteiger partial charge >= 0.3 is 6.61 Å². The summed E-state index contributed by atoms with van der Waals surface area (Å²) in [5, 5.41) is 2.52. The van der Waals surface area contributed by atoms with Crippen LogP contribution in [0.5, 0.6) is 11.5 Å². The Hall–Kier alpha value is -2.87. The second kappa shape index (κ2) is 8.88. The number of aryl methyl sites for hydroxylation is 1. The zero-order valence-corrected chi connectivity index (χ0v) is 16.3. The van der Waals surface area contributed by atoms with Crippen LogP contribution < -0.4 is 14.8 Å². The molecule has 3 aromatic rings.